The highest BCUT2D eigenvalue weighted by Crippen LogP contribution is 2.32. The second kappa shape index (κ2) is 7.97. The predicted octanol–water partition coefficient (Wildman–Crippen LogP) is 2.56. The second-order valence-corrected chi connectivity index (χ2v) is 6.82. The third kappa shape index (κ3) is 3.78. The van der Waals surface area contributed by atoms with Crippen LogP contribution in [0.5, 0.6) is 0 Å². The van der Waals surface area contributed by atoms with E-state index in [2.05, 4.69) is 20.8 Å². The normalized spacial score (nSPS) is 16.4. The molecule has 2 heterocycles. The summed E-state index contributed by atoms with van der Waals surface area (Å²) >= 11 is 0. The number of anilines is 1. The molecule has 0 saturated carbocycles. The molecule has 2 aromatic rings. The monoisotopic (exact) mass is 358 g/mol. The number of carbonyl (C=O) groups is 1. The van der Waals surface area contributed by atoms with Crippen molar-refractivity contribution >= 4 is 11.6 Å². The van der Waals surface area contributed by atoms with E-state index in [-0.39, 0.29) is 5.91 Å². The lowest BCUT2D eigenvalue weighted by molar-refractivity contribution is -0.130. The molecule has 0 radical (unpaired) electrons. The maximum atomic E-state index is 13.1. The first kappa shape index (κ1) is 18.5. The van der Waals surface area contributed by atoms with Crippen LogP contribution >= 0.6 is 0 Å². The predicted molar refractivity (Wildman–Crippen MR) is 98.9 cm³/mol. The molecule has 0 spiro atoms. The number of piperidine rings is 1. The number of nitrogens with zero attached hydrogens (tertiary/aromatic N) is 2. The van der Waals surface area contributed by atoms with Crippen molar-refractivity contribution in [3.05, 3.63) is 29.6 Å². The van der Waals surface area contributed by atoms with Gasteiger partial charge >= 0.3 is 0 Å². The van der Waals surface area contributed by atoms with Crippen LogP contribution in [0.4, 0.5) is 5.69 Å². The summed E-state index contributed by atoms with van der Waals surface area (Å²) in [6.45, 7) is 6.00. The minimum atomic E-state index is -0.498. The standard InChI is InChI=1S/C19H26N4O3/c1-4-16-22-17(26-23-16)14-6-5-13(2)15(11-14)21-18(24)19(12-25-3)7-9-20-10-8-19/h5-6,11,20H,4,7-10,12H2,1-3H3,(H,21,24). The van der Waals surface area contributed by atoms with E-state index in [1.807, 2.05) is 32.0 Å². The van der Waals surface area contributed by atoms with E-state index in [9.17, 15) is 4.79 Å². The molecule has 0 aliphatic carbocycles. The maximum Gasteiger partial charge on any atom is 0.257 e. The lowest BCUT2D eigenvalue weighted by Gasteiger charge is -2.35. The first-order chi connectivity index (χ1) is 12.6. The number of aromatic nitrogens is 2. The van der Waals surface area contributed by atoms with Crippen molar-refractivity contribution in [2.45, 2.75) is 33.1 Å². The lowest BCUT2D eigenvalue weighted by Crippen LogP contribution is -2.47. The molecule has 2 N–H and O–H groups in total. The fourth-order valence-electron chi connectivity index (χ4n) is 3.28. The van der Waals surface area contributed by atoms with Crippen LogP contribution in [0.15, 0.2) is 22.7 Å². The average Bonchev–Trinajstić information content (AvgIpc) is 3.14. The van der Waals surface area contributed by atoms with Crippen LogP contribution < -0.4 is 10.6 Å². The van der Waals surface area contributed by atoms with E-state index in [1.165, 1.54) is 0 Å². The molecule has 7 heteroatoms. The molecule has 1 aromatic heterocycles. The van der Waals surface area contributed by atoms with Crippen molar-refractivity contribution in [1.29, 1.82) is 0 Å². The molecule has 0 bridgehead atoms. The quantitative estimate of drug-likeness (QED) is 0.825. The van der Waals surface area contributed by atoms with Gasteiger partial charge in [-0.25, -0.2) is 0 Å². The van der Waals surface area contributed by atoms with E-state index in [0.717, 1.165) is 42.7 Å². The van der Waals surface area contributed by atoms with Gasteiger partial charge in [0.1, 0.15) is 0 Å². The van der Waals surface area contributed by atoms with Crippen molar-refractivity contribution in [1.82, 2.24) is 15.5 Å². The second-order valence-electron chi connectivity index (χ2n) is 6.82. The smallest absolute Gasteiger partial charge is 0.257 e. The topological polar surface area (TPSA) is 89.3 Å². The van der Waals surface area contributed by atoms with Crippen molar-refractivity contribution in [2.24, 2.45) is 5.41 Å². The summed E-state index contributed by atoms with van der Waals surface area (Å²) in [5.41, 5.74) is 2.04. The van der Waals surface area contributed by atoms with Gasteiger partial charge in [0.05, 0.1) is 12.0 Å². The number of rotatable bonds is 6. The summed E-state index contributed by atoms with van der Waals surface area (Å²) in [6, 6.07) is 5.77. The van der Waals surface area contributed by atoms with Crippen LogP contribution in [-0.4, -0.2) is 42.9 Å². The van der Waals surface area contributed by atoms with Gasteiger partial charge in [0, 0.05) is 24.8 Å². The highest BCUT2D eigenvalue weighted by atomic mass is 16.5. The Kier molecular flexibility index (Phi) is 5.68. The first-order valence-corrected chi connectivity index (χ1v) is 9.03. The van der Waals surface area contributed by atoms with Crippen molar-refractivity contribution < 1.29 is 14.1 Å². The van der Waals surface area contributed by atoms with Crippen LogP contribution in [0.3, 0.4) is 0 Å². The molecule has 0 atom stereocenters. The number of carbonyl (C=O) groups excluding carboxylic acids is 1. The summed E-state index contributed by atoms with van der Waals surface area (Å²) in [5, 5.41) is 10.3. The van der Waals surface area contributed by atoms with Crippen molar-refractivity contribution in [2.75, 3.05) is 32.1 Å². The van der Waals surface area contributed by atoms with Gasteiger partial charge in [-0.3, -0.25) is 4.79 Å². The molecule has 1 amide bonds. The van der Waals surface area contributed by atoms with Gasteiger partial charge in [-0.15, -0.1) is 0 Å². The Morgan fingerprint density at radius 2 is 2.15 bits per heavy atom. The molecular formula is C19H26N4O3. The Labute approximate surface area is 153 Å². The van der Waals surface area contributed by atoms with Gasteiger partial charge in [0.25, 0.3) is 5.89 Å². The van der Waals surface area contributed by atoms with Crippen LogP contribution in [0.1, 0.15) is 31.2 Å². The molecule has 140 valence electrons. The van der Waals surface area contributed by atoms with Crippen molar-refractivity contribution in [3.63, 3.8) is 0 Å². The first-order valence-electron chi connectivity index (χ1n) is 9.03. The van der Waals surface area contributed by atoms with Gasteiger partial charge in [-0.2, -0.15) is 4.98 Å². The van der Waals surface area contributed by atoms with E-state index >= 15 is 0 Å². The highest BCUT2D eigenvalue weighted by Gasteiger charge is 2.39. The molecule has 1 aliphatic rings. The Balaban J connectivity index is 1.84. The van der Waals surface area contributed by atoms with Crippen LogP contribution in [0.2, 0.25) is 0 Å². The van der Waals surface area contributed by atoms with E-state index in [1.54, 1.807) is 7.11 Å². The Hall–Kier alpha value is -2.25. The maximum absolute atomic E-state index is 13.1. The fraction of sp³-hybridized carbons (Fsp3) is 0.526. The van der Waals surface area contributed by atoms with E-state index in [0.29, 0.717) is 24.7 Å². The minimum absolute atomic E-state index is 0.000811. The van der Waals surface area contributed by atoms with Gasteiger partial charge < -0.3 is 19.9 Å². The molecular weight excluding hydrogens is 332 g/mol. The van der Waals surface area contributed by atoms with Crippen LogP contribution in [0.25, 0.3) is 11.5 Å². The SMILES string of the molecule is CCc1noc(-c2ccc(C)c(NC(=O)C3(COC)CCNCC3)c2)n1. The zero-order valence-corrected chi connectivity index (χ0v) is 15.6. The molecule has 1 fully saturated rings. The summed E-state index contributed by atoms with van der Waals surface area (Å²) in [5.74, 6) is 1.13. The van der Waals surface area contributed by atoms with E-state index in [4.69, 9.17) is 9.26 Å². The zero-order valence-electron chi connectivity index (χ0n) is 15.6. The van der Waals surface area contributed by atoms with E-state index < -0.39 is 5.41 Å². The lowest BCUT2D eigenvalue weighted by atomic mass is 9.78. The number of amides is 1. The summed E-state index contributed by atoms with van der Waals surface area (Å²) in [6.07, 6.45) is 2.23. The summed E-state index contributed by atoms with van der Waals surface area (Å²) in [7, 11) is 1.64. The molecule has 0 unspecified atom stereocenters. The molecule has 1 saturated heterocycles. The van der Waals surface area contributed by atoms with Gasteiger partial charge in [0.15, 0.2) is 5.82 Å². The highest BCUT2D eigenvalue weighted by molar-refractivity contribution is 5.96. The number of hydrogen-bond acceptors (Lipinski definition) is 6. The third-order valence-corrected chi connectivity index (χ3v) is 4.98. The largest absolute Gasteiger partial charge is 0.384 e. The summed E-state index contributed by atoms with van der Waals surface area (Å²) in [4.78, 5) is 17.4. The summed E-state index contributed by atoms with van der Waals surface area (Å²) < 4.78 is 10.7. The average molecular weight is 358 g/mol. The number of benzene rings is 1. The van der Waals surface area contributed by atoms with Gasteiger partial charge in [0.2, 0.25) is 5.91 Å². The minimum Gasteiger partial charge on any atom is -0.384 e. The number of aryl methyl sites for hydroxylation is 2. The molecule has 1 aromatic carbocycles. The number of nitrogens with one attached hydrogen (secondary N) is 2. The molecule has 3 rings (SSSR count). The van der Waals surface area contributed by atoms with Crippen molar-refractivity contribution in [3.8, 4) is 11.5 Å². The molecule has 7 nitrogen and oxygen atoms in total. The number of hydrogen-bond donors (Lipinski definition) is 2. The zero-order chi connectivity index (χ0) is 18.6. The Bertz CT molecular complexity index is 760. The number of ether oxygens (including phenoxy) is 1. The number of methoxy groups -OCH3 is 1. The Morgan fingerprint density at radius 3 is 2.81 bits per heavy atom. The van der Waals surface area contributed by atoms with Crippen LogP contribution in [-0.2, 0) is 16.0 Å². The Morgan fingerprint density at radius 1 is 1.38 bits per heavy atom. The molecule has 26 heavy (non-hydrogen) atoms. The fourth-order valence-corrected chi connectivity index (χ4v) is 3.28. The third-order valence-electron chi connectivity index (χ3n) is 4.98. The van der Waals surface area contributed by atoms with Crippen LogP contribution in [0, 0.1) is 12.3 Å². The van der Waals surface area contributed by atoms with Gasteiger partial charge in [-0.1, -0.05) is 18.1 Å². The molecule has 1 aliphatic heterocycles. The van der Waals surface area contributed by atoms with Gasteiger partial charge in [-0.05, 0) is 50.6 Å².